The highest BCUT2D eigenvalue weighted by atomic mass is 32.2. The number of rotatable bonds is 8. The first-order valence-corrected chi connectivity index (χ1v) is 11.0. The Bertz CT molecular complexity index is 698. The first-order chi connectivity index (χ1) is 13.0. The predicted octanol–water partition coefficient (Wildman–Crippen LogP) is 1.95. The van der Waals surface area contributed by atoms with Crippen LogP contribution in [0.4, 0.5) is 0 Å². The molecule has 1 aromatic carbocycles. The monoisotopic (exact) mass is 396 g/mol. The Hall–Kier alpha value is -1.64. The molecule has 0 aromatic heterocycles. The van der Waals surface area contributed by atoms with Gasteiger partial charge in [0.2, 0.25) is 10.0 Å². The summed E-state index contributed by atoms with van der Waals surface area (Å²) in [5.41, 5.74) is 0.962. The summed E-state index contributed by atoms with van der Waals surface area (Å²) in [6, 6.07) is 7.18. The van der Waals surface area contributed by atoms with Crippen LogP contribution in [-0.2, 0) is 21.3 Å². The molecule has 0 aliphatic carbocycles. The molecule has 8 heteroatoms. The maximum Gasteiger partial charge on any atom is 0.243 e. The molecule has 7 nitrogen and oxygen atoms in total. The molecule has 1 aliphatic rings. The van der Waals surface area contributed by atoms with Crippen LogP contribution in [0.1, 0.15) is 38.7 Å². The molecular weight excluding hydrogens is 364 g/mol. The second-order valence-electron chi connectivity index (χ2n) is 6.80. The maximum atomic E-state index is 12.7. The quantitative estimate of drug-likeness (QED) is 0.518. The lowest BCUT2D eigenvalue weighted by molar-refractivity contribution is 0.179. The van der Waals surface area contributed by atoms with Gasteiger partial charge in [-0.1, -0.05) is 18.6 Å². The zero-order valence-electron chi connectivity index (χ0n) is 16.6. The topological polar surface area (TPSA) is 83.0 Å². The highest BCUT2D eigenvalue weighted by Crippen LogP contribution is 2.21. The second kappa shape index (κ2) is 10.6. The number of ether oxygens (including phenoxy) is 1. The number of aliphatic imine (C=N–C) groups is 1. The number of nitrogens with zero attached hydrogens (tertiary/aromatic N) is 2. The predicted molar refractivity (Wildman–Crippen MR) is 108 cm³/mol. The Labute approximate surface area is 163 Å². The van der Waals surface area contributed by atoms with Gasteiger partial charge in [-0.25, -0.2) is 13.4 Å². The van der Waals surface area contributed by atoms with Crippen molar-refractivity contribution in [1.29, 1.82) is 0 Å². The van der Waals surface area contributed by atoms with Crippen LogP contribution in [0.5, 0.6) is 0 Å². The van der Waals surface area contributed by atoms with Crippen molar-refractivity contribution in [3.05, 3.63) is 29.8 Å². The average Bonchev–Trinajstić information content (AvgIpc) is 2.67. The summed E-state index contributed by atoms with van der Waals surface area (Å²) in [6.45, 7) is 7.09. The normalized spacial score (nSPS) is 17.5. The van der Waals surface area contributed by atoms with E-state index in [9.17, 15) is 8.42 Å². The average molecular weight is 397 g/mol. The van der Waals surface area contributed by atoms with Crippen LogP contribution >= 0.6 is 0 Å². The molecule has 1 saturated heterocycles. The SMILES string of the molecule is CCNC(=NCc1ccc(S(=O)(=O)N2CCCCC2)cc1)NC(C)COC. The molecule has 1 heterocycles. The van der Waals surface area contributed by atoms with Crippen LogP contribution in [-0.4, -0.2) is 58.1 Å². The van der Waals surface area contributed by atoms with E-state index in [0.717, 1.165) is 31.4 Å². The van der Waals surface area contributed by atoms with E-state index in [1.54, 1.807) is 23.5 Å². The number of piperidine rings is 1. The van der Waals surface area contributed by atoms with Crippen molar-refractivity contribution in [3.8, 4) is 0 Å². The second-order valence-corrected chi connectivity index (χ2v) is 8.74. The highest BCUT2D eigenvalue weighted by molar-refractivity contribution is 7.89. The minimum Gasteiger partial charge on any atom is -0.383 e. The Kier molecular flexibility index (Phi) is 8.53. The molecule has 1 aromatic rings. The van der Waals surface area contributed by atoms with Gasteiger partial charge in [0.15, 0.2) is 5.96 Å². The third kappa shape index (κ3) is 6.48. The van der Waals surface area contributed by atoms with E-state index in [0.29, 0.717) is 37.1 Å². The molecular formula is C19H32N4O3S. The molecule has 0 spiro atoms. The maximum absolute atomic E-state index is 12.7. The van der Waals surface area contributed by atoms with Crippen LogP contribution in [0.25, 0.3) is 0 Å². The number of methoxy groups -OCH3 is 1. The summed E-state index contributed by atoms with van der Waals surface area (Å²) >= 11 is 0. The zero-order valence-corrected chi connectivity index (χ0v) is 17.4. The minimum atomic E-state index is -3.38. The van der Waals surface area contributed by atoms with Crippen molar-refractivity contribution >= 4 is 16.0 Å². The lowest BCUT2D eigenvalue weighted by Gasteiger charge is -2.25. The third-order valence-electron chi connectivity index (χ3n) is 4.44. The van der Waals surface area contributed by atoms with Gasteiger partial charge in [-0.15, -0.1) is 0 Å². The number of guanidine groups is 1. The molecule has 0 saturated carbocycles. The number of benzene rings is 1. The fraction of sp³-hybridized carbons (Fsp3) is 0.632. The van der Waals surface area contributed by atoms with E-state index in [1.807, 2.05) is 26.0 Å². The fourth-order valence-corrected chi connectivity index (χ4v) is 4.55. The molecule has 0 bridgehead atoms. The van der Waals surface area contributed by atoms with Crippen LogP contribution in [0, 0.1) is 0 Å². The van der Waals surface area contributed by atoms with Crippen molar-refractivity contribution < 1.29 is 13.2 Å². The van der Waals surface area contributed by atoms with Crippen LogP contribution in [0.15, 0.2) is 34.2 Å². The lowest BCUT2D eigenvalue weighted by atomic mass is 10.2. The van der Waals surface area contributed by atoms with Crippen LogP contribution < -0.4 is 10.6 Å². The summed E-state index contributed by atoms with van der Waals surface area (Å²) in [6.07, 6.45) is 2.98. The van der Waals surface area contributed by atoms with Gasteiger partial charge in [-0.3, -0.25) is 0 Å². The van der Waals surface area contributed by atoms with Crippen molar-refractivity contribution in [2.75, 3.05) is 33.4 Å². The van der Waals surface area contributed by atoms with E-state index < -0.39 is 10.0 Å². The fourth-order valence-electron chi connectivity index (χ4n) is 3.04. The lowest BCUT2D eigenvalue weighted by Crippen LogP contribution is -2.43. The molecule has 152 valence electrons. The first-order valence-electron chi connectivity index (χ1n) is 9.60. The Morgan fingerprint density at radius 3 is 2.48 bits per heavy atom. The van der Waals surface area contributed by atoms with Gasteiger partial charge >= 0.3 is 0 Å². The molecule has 1 fully saturated rings. The molecule has 1 atom stereocenters. The van der Waals surface area contributed by atoms with Crippen LogP contribution in [0.3, 0.4) is 0 Å². The van der Waals surface area contributed by atoms with E-state index in [4.69, 9.17) is 4.74 Å². The molecule has 0 amide bonds. The summed E-state index contributed by atoms with van der Waals surface area (Å²) in [4.78, 5) is 4.92. The van der Waals surface area contributed by atoms with Crippen LogP contribution in [0.2, 0.25) is 0 Å². The largest absolute Gasteiger partial charge is 0.383 e. The van der Waals surface area contributed by atoms with Gasteiger partial charge in [-0.2, -0.15) is 4.31 Å². The number of sulfonamides is 1. The van der Waals surface area contributed by atoms with Gasteiger partial charge in [0.25, 0.3) is 0 Å². The minimum absolute atomic E-state index is 0.143. The third-order valence-corrected chi connectivity index (χ3v) is 6.35. The van der Waals surface area contributed by atoms with Gasteiger partial charge in [0, 0.05) is 32.8 Å². The summed E-state index contributed by atoms with van der Waals surface area (Å²) in [5.74, 6) is 0.715. The molecule has 1 aliphatic heterocycles. The van der Waals surface area contributed by atoms with E-state index in [1.165, 1.54) is 0 Å². The van der Waals surface area contributed by atoms with Crippen molar-refractivity contribution in [3.63, 3.8) is 0 Å². The Morgan fingerprint density at radius 1 is 1.22 bits per heavy atom. The number of hydrogen-bond donors (Lipinski definition) is 2. The first kappa shape index (κ1) is 21.7. The Morgan fingerprint density at radius 2 is 1.89 bits per heavy atom. The van der Waals surface area contributed by atoms with Gasteiger partial charge in [-0.05, 0) is 44.4 Å². The van der Waals surface area contributed by atoms with Gasteiger partial charge in [0.05, 0.1) is 18.0 Å². The number of nitrogens with one attached hydrogen (secondary N) is 2. The van der Waals surface area contributed by atoms with Gasteiger partial charge in [0.1, 0.15) is 0 Å². The molecule has 27 heavy (non-hydrogen) atoms. The molecule has 2 rings (SSSR count). The summed E-state index contributed by atoms with van der Waals surface area (Å²) in [7, 11) is -1.71. The van der Waals surface area contributed by atoms with E-state index >= 15 is 0 Å². The van der Waals surface area contributed by atoms with E-state index in [-0.39, 0.29) is 6.04 Å². The highest BCUT2D eigenvalue weighted by Gasteiger charge is 2.25. The summed E-state index contributed by atoms with van der Waals surface area (Å²) < 4.78 is 32.1. The molecule has 2 N–H and O–H groups in total. The molecule has 0 radical (unpaired) electrons. The molecule has 1 unspecified atom stereocenters. The van der Waals surface area contributed by atoms with Crippen molar-refractivity contribution in [2.45, 2.75) is 50.6 Å². The van der Waals surface area contributed by atoms with Crippen molar-refractivity contribution in [2.24, 2.45) is 4.99 Å². The van der Waals surface area contributed by atoms with E-state index in [2.05, 4.69) is 15.6 Å². The zero-order chi connectivity index (χ0) is 19.7. The number of hydrogen-bond acceptors (Lipinski definition) is 4. The van der Waals surface area contributed by atoms with Crippen molar-refractivity contribution in [1.82, 2.24) is 14.9 Å². The Balaban J connectivity index is 2.03. The summed E-state index contributed by atoms with van der Waals surface area (Å²) in [5, 5.41) is 6.48. The standard InChI is InChI=1S/C19H32N4O3S/c1-4-20-19(22-16(2)15-26-3)21-14-17-8-10-18(11-9-17)27(24,25)23-12-6-5-7-13-23/h8-11,16H,4-7,12-15H2,1-3H3,(H2,20,21,22). The van der Waals surface area contributed by atoms with Gasteiger partial charge < -0.3 is 15.4 Å². The smallest absolute Gasteiger partial charge is 0.243 e.